The summed E-state index contributed by atoms with van der Waals surface area (Å²) in [5.41, 5.74) is 3.83. The summed E-state index contributed by atoms with van der Waals surface area (Å²) in [6.45, 7) is 6.23. The maximum Gasteiger partial charge on any atom is 0.255 e. The van der Waals surface area contributed by atoms with Crippen molar-refractivity contribution in [2.24, 2.45) is 0 Å². The van der Waals surface area contributed by atoms with Crippen molar-refractivity contribution in [3.63, 3.8) is 0 Å². The zero-order chi connectivity index (χ0) is 13.8. The van der Waals surface area contributed by atoms with E-state index in [2.05, 4.69) is 25.2 Å². The molecule has 0 unspecified atom stereocenters. The molecule has 0 saturated carbocycles. The van der Waals surface area contributed by atoms with E-state index >= 15 is 0 Å². The summed E-state index contributed by atoms with van der Waals surface area (Å²) < 4.78 is 0. The van der Waals surface area contributed by atoms with Gasteiger partial charge in [-0.2, -0.15) is 0 Å². The van der Waals surface area contributed by atoms with Gasteiger partial charge in [0, 0.05) is 11.3 Å². The highest BCUT2D eigenvalue weighted by molar-refractivity contribution is 6.04. The molecule has 0 atom stereocenters. The molecule has 1 N–H and O–H groups in total. The van der Waals surface area contributed by atoms with Crippen LogP contribution < -0.4 is 5.32 Å². The Morgan fingerprint density at radius 3 is 2.47 bits per heavy atom. The van der Waals surface area contributed by atoms with Gasteiger partial charge in [0.15, 0.2) is 0 Å². The molecule has 0 bridgehead atoms. The molecule has 0 radical (unpaired) electrons. The molecule has 0 aliphatic carbocycles. The Hall–Kier alpha value is -2.09. The topological polar surface area (TPSA) is 29.1 Å². The van der Waals surface area contributed by atoms with Gasteiger partial charge >= 0.3 is 0 Å². The van der Waals surface area contributed by atoms with E-state index in [1.165, 1.54) is 0 Å². The standard InChI is InChI=1S/C17H19NO/c1-12(2)15-9-4-5-10-16(15)18-17(19)14-8-6-7-13(3)11-14/h4-12H,1-3H3,(H,18,19). The Balaban J connectivity index is 2.24. The number of para-hydroxylation sites is 1. The third-order valence-electron chi connectivity index (χ3n) is 3.11. The second kappa shape index (κ2) is 5.70. The van der Waals surface area contributed by atoms with Gasteiger partial charge in [-0.3, -0.25) is 4.79 Å². The molecule has 2 heteroatoms. The van der Waals surface area contributed by atoms with Crippen LogP contribution in [-0.4, -0.2) is 5.91 Å². The second-order valence-corrected chi connectivity index (χ2v) is 5.07. The SMILES string of the molecule is Cc1cccc(C(=O)Nc2ccccc2C(C)C)c1. The third kappa shape index (κ3) is 3.22. The van der Waals surface area contributed by atoms with E-state index < -0.39 is 0 Å². The maximum atomic E-state index is 12.2. The van der Waals surface area contributed by atoms with Crippen LogP contribution in [0.25, 0.3) is 0 Å². The van der Waals surface area contributed by atoms with Crippen LogP contribution in [-0.2, 0) is 0 Å². The summed E-state index contributed by atoms with van der Waals surface area (Å²) >= 11 is 0. The van der Waals surface area contributed by atoms with Gasteiger partial charge in [0.2, 0.25) is 0 Å². The van der Waals surface area contributed by atoms with Crippen LogP contribution in [0.2, 0.25) is 0 Å². The third-order valence-corrected chi connectivity index (χ3v) is 3.11. The quantitative estimate of drug-likeness (QED) is 0.864. The second-order valence-electron chi connectivity index (χ2n) is 5.07. The van der Waals surface area contributed by atoms with Crippen molar-refractivity contribution in [3.05, 3.63) is 65.2 Å². The molecule has 0 fully saturated rings. The van der Waals surface area contributed by atoms with Gasteiger partial charge < -0.3 is 5.32 Å². The maximum absolute atomic E-state index is 12.2. The van der Waals surface area contributed by atoms with E-state index in [-0.39, 0.29) is 5.91 Å². The zero-order valence-corrected chi connectivity index (χ0v) is 11.6. The summed E-state index contributed by atoms with van der Waals surface area (Å²) in [5, 5.41) is 3.00. The Morgan fingerprint density at radius 2 is 1.79 bits per heavy atom. The Bertz CT molecular complexity index is 587. The van der Waals surface area contributed by atoms with E-state index in [1.54, 1.807) is 0 Å². The molecule has 2 aromatic carbocycles. The van der Waals surface area contributed by atoms with Crippen molar-refractivity contribution >= 4 is 11.6 Å². The fraction of sp³-hybridized carbons (Fsp3) is 0.235. The van der Waals surface area contributed by atoms with Gasteiger partial charge in [-0.05, 0) is 36.6 Å². The monoisotopic (exact) mass is 253 g/mol. The van der Waals surface area contributed by atoms with E-state index in [0.717, 1.165) is 16.8 Å². The number of anilines is 1. The first kappa shape index (κ1) is 13.3. The van der Waals surface area contributed by atoms with Crippen LogP contribution in [0.15, 0.2) is 48.5 Å². The number of hydrogen-bond donors (Lipinski definition) is 1. The summed E-state index contributed by atoms with van der Waals surface area (Å²) in [6, 6.07) is 15.6. The fourth-order valence-electron chi connectivity index (χ4n) is 2.10. The lowest BCUT2D eigenvalue weighted by molar-refractivity contribution is 0.102. The molecule has 2 nitrogen and oxygen atoms in total. The highest BCUT2D eigenvalue weighted by Crippen LogP contribution is 2.24. The van der Waals surface area contributed by atoms with Gasteiger partial charge in [-0.15, -0.1) is 0 Å². The number of benzene rings is 2. The Morgan fingerprint density at radius 1 is 1.05 bits per heavy atom. The number of hydrogen-bond acceptors (Lipinski definition) is 1. The minimum absolute atomic E-state index is 0.0585. The molecule has 2 aromatic rings. The van der Waals surface area contributed by atoms with Crippen molar-refractivity contribution in [2.75, 3.05) is 5.32 Å². The van der Waals surface area contributed by atoms with Gasteiger partial charge in [0.25, 0.3) is 5.91 Å². The molecule has 2 rings (SSSR count). The van der Waals surface area contributed by atoms with Crippen molar-refractivity contribution < 1.29 is 4.79 Å². The first-order valence-corrected chi connectivity index (χ1v) is 6.55. The lowest BCUT2D eigenvalue weighted by Crippen LogP contribution is -2.13. The molecule has 0 saturated heterocycles. The summed E-state index contributed by atoms with van der Waals surface area (Å²) in [7, 11) is 0. The predicted octanol–water partition coefficient (Wildman–Crippen LogP) is 4.37. The summed E-state index contributed by atoms with van der Waals surface area (Å²) in [6.07, 6.45) is 0. The molecule has 0 spiro atoms. The minimum atomic E-state index is -0.0585. The predicted molar refractivity (Wildman–Crippen MR) is 79.7 cm³/mol. The smallest absolute Gasteiger partial charge is 0.255 e. The highest BCUT2D eigenvalue weighted by atomic mass is 16.1. The van der Waals surface area contributed by atoms with Crippen LogP contribution in [0, 0.1) is 6.92 Å². The first-order valence-electron chi connectivity index (χ1n) is 6.55. The molecule has 1 amide bonds. The number of carbonyl (C=O) groups is 1. The molecule has 19 heavy (non-hydrogen) atoms. The number of amides is 1. The molecule has 98 valence electrons. The first-order chi connectivity index (χ1) is 9.08. The van der Waals surface area contributed by atoms with E-state index in [1.807, 2.05) is 49.4 Å². The number of nitrogens with one attached hydrogen (secondary N) is 1. The molecular formula is C17H19NO. The largest absolute Gasteiger partial charge is 0.322 e. The number of rotatable bonds is 3. The van der Waals surface area contributed by atoms with Gasteiger partial charge in [-0.1, -0.05) is 49.7 Å². The minimum Gasteiger partial charge on any atom is -0.322 e. The van der Waals surface area contributed by atoms with Crippen LogP contribution in [0.1, 0.15) is 41.3 Å². The van der Waals surface area contributed by atoms with Gasteiger partial charge in [-0.25, -0.2) is 0 Å². The van der Waals surface area contributed by atoms with Crippen molar-refractivity contribution in [2.45, 2.75) is 26.7 Å². The Labute approximate surface area is 114 Å². The average molecular weight is 253 g/mol. The average Bonchev–Trinajstić information content (AvgIpc) is 2.39. The van der Waals surface area contributed by atoms with E-state index in [0.29, 0.717) is 11.5 Å². The van der Waals surface area contributed by atoms with Crippen molar-refractivity contribution in [1.82, 2.24) is 0 Å². The number of carbonyl (C=O) groups excluding carboxylic acids is 1. The highest BCUT2D eigenvalue weighted by Gasteiger charge is 2.10. The Kier molecular flexibility index (Phi) is 4.00. The summed E-state index contributed by atoms with van der Waals surface area (Å²) in [4.78, 5) is 12.2. The molecule has 0 aromatic heterocycles. The lowest BCUT2D eigenvalue weighted by Gasteiger charge is -2.13. The van der Waals surface area contributed by atoms with Crippen LogP contribution in [0.4, 0.5) is 5.69 Å². The van der Waals surface area contributed by atoms with Gasteiger partial charge in [0.1, 0.15) is 0 Å². The normalized spacial score (nSPS) is 10.5. The van der Waals surface area contributed by atoms with E-state index in [4.69, 9.17) is 0 Å². The molecule has 0 heterocycles. The van der Waals surface area contributed by atoms with Crippen LogP contribution in [0.5, 0.6) is 0 Å². The lowest BCUT2D eigenvalue weighted by atomic mass is 10.0. The number of aryl methyl sites for hydroxylation is 1. The van der Waals surface area contributed by atoms with Crippen molar-refractivity contribution in [1.29, 1.82) is 0 Å². The zero-order valence-electron chi connectivity index (χ0n) is 11.6. The summed E-state index contributed by atoms with van der Waals surface area (Å²) in [5.74, 6) is 0.325. The van der Waals surface area contributed by atoms with Gasteiger partial charge in [0.05, 0.1) is 0 Å². The van der Waals surface area contributed by atoms with Crippen LogP contribution >= 0.6 is 0 Å². The van der Waals surface area contributed by atoms with Crippen molar-refractivity contribution in [3.8, 4) is 0 Å². The molecular weight excluding hydrogens is 234 g/mol. The molecule has 0 aliphatic rings. The fourth-order valence-corrected chi connectivity index (χ4v) is 2.10. The van der Waals surface area contributed by atoms with Crippen LogP contribution in [0.3, 0.4) is 0 Å². The van der Waals surface area contributed by atoms with E-state index in [9.17, 15) is 4.79 Å². The molecule has 0 aliphatic heterocycles.